The zero-order chi connectivity index (χ0) is 22.8. The van der Waals surface area contributed by atoms with Gasteiger partial charge in [-0.3, -0.25) is 9.69 Å². The lowest BCUT2D eigenvalue weighted by atomic mass is 10.1. The summed E-state index contributed by atoms with van der Waals surface area (Å²) < 4.78 is 7.74. The normalized spacial score (nSPS) is 14.6. The lowest BCUT2D eigenvalue weighted by Crippen LogP contribution is -2.29. The van der Waals surface area contributed by atoms with E-state index < -0.39 is 6.10 Å². The van der Waals surface area contributed by atoms with E-state index in [9.17, 15) is 9.90 Å². The number of nitrogens with one attached hydrogen (secondary N) is 1. The van der Waals surface area contributed by atoms with Crippen molar-refractivity contribution in [2.45, 2.75) is 38.1 Å². The Bertz CT molecular complexity index is 1230. The summed E-state index contributed by atoms with van der Waals surface area (Å²) >= 11 is 0. The van der Waals surface area contributed by atoms with Crippen LogP contribution in [0, 0.1) is 0 Å². The number of hydrogen-bond donors (Lipinski definition) is 2. The fourth-order valence-electron chi connectivity index (χ4n) is 4.31. The number of hydrogen-bond acceptors (Lipinski definition) is 5. The Labute approximate surface area is 192 Å². The minimum atomic E-state index is -0.598. The van der Waals surface area contributed by atoms with Gasteiger partial charge in [0.15, 0.2) is 5.76 Å². The molecule has 4 aromatic rings. The van der Waals surface area contributed by atoms with Gasteiger partial charge in [-0.25, -0.2) is 4.98 Å². The van der Waals surface area contributed by atoms with Gasteiger partial charge < -0.3 is 19.4 Å². The summed E-state index contributed by atoms with van der Waals surface area (Å²) in [6, 6.07) is 17.7. The molecule has 3 heterocycles. The van der Waals surface area contributed by atoms with Crippen molar-refractivity contribution in [3.05, 3.63) is 78.2 Å². The Hall–Kier alpha value is -3.42. The highest BCUT2D eigenvalue weighted by molar-refractivity contribution is 5.90. The van der Waals surface area contributed by atoms with Crippen molar-refractivity contribution in [1.29, 1.82) is 0 Å². The molecule has 1 aromatic carbocycles. The fraction of sp³-hybridized carbons (Fsp3) is 0.308. The average molecular weight is 445 g/mol. The van der Waals surface area contributed by atoms with E-state index in [-0.39, 0.29) is 12.5 Å². The van der Waals surface area contributed by atoms with Crippen LogP contribution in [0.3, 0.4) is 0 Å². The molecule has 0 saturated heterocycles. The van der Waals surface area contributed by atoms with E-state index in [1.54, 1.807) is 12.5 Å². The largest absolute Gasteiger partial charge is 0.463 e. The summed E-state index contributed by atoms with van der Waals surface area (Å²) in [5.41, 5.74) is 3.51. The van der Waals surface area contributed by atoms with Crippen molar-refractivity contribution in [3.63, 3.8) is 0 Å². The highest BCUT2D eigenvalue weighted by atomic mass is 16.3. The molecule has 33 heavy (non-hydrogen) atoms. The van der Waals surface area contributed by atoms with Gasteiger partial charge in [-0.15, -0.1) is 0 Å². The number of benzene rings is 1. The minimum Gasteiger partial charge on any atom is -0.463 e. The summed E-state index contributed by atoms with van der Waals surface area (Å²) in [5, 5.41) is 14.8. The molecule has 1 saturated carbocycles. The first-order chi connectivity index (χ1) is 16.1. The smallest absolute Gasteiger partial charge is 0.240 e. The van der Waals surface area contributed by atoms with E-state index in [0.717, 1.165) is 40.7 Å². The van der Waals surface area contributed by atoms with E-state index >= 15 is 0 Å². The molecule has 1 atom stereocenters. The van der Waals surface area contributed by atoms with Gasteiger partial charge in [0.2, 0.25) is 5.91 Å². The predicted molar refractivity (Wildman–Crippen MR) is 126 cm³/mol. The van der Waals surface area contributed by atoms with E-state index in [2.05, 4.69) is 15.2 Å². The molecule has 1 fully saturated rings. The second-order valence-corrected chi connectivity index (χ2v) is 8.73. The number of likely N-dealkylation sites (N-methyl/N-ethyl adjacent to an activating group) is 1. The SMILES string of the molecule is CN(Cc1c(-c2ccco2)n(CC(=O)NC2CC2)c2ncccc12)CC(O)c1ccccc1. The molecule has 7 heteroatoms. The molecule has 0 radical (unpaired) electrons. The van der Waals surface area contributed by atoms with Gasteiger partial charge in [0, 0.05) is 36.3 Å². The molecule has 5 rings (SSSR count). The summed E-state index contributed by atoms with van der Waals surface area (Å²) in [7, 11) is 1.98. The number of carbonyl (C=O) groups excluding carboxylic acids is 1. The van der Waals surface area contributed by atoms with Gasteiger partial charge in [0.25, 0.3) is 0 Å². The van der Waals surface area contributed by atoms with Crippen LogP contribution in [0.15, 0.2) is 71.5 Å². The van der Waals surface area contributed by atoms with Crippen LogP contribution in [0.1, 0.15) is 30.1 Å². The zero-order valence-electron chi connectivity index (χ0n) is 18.6. The Kier molecular flexibility index (Phi) is 5.98. The monoisotopic (exact) mass is 444 g/mol. The standard InChI is InChI=1S/C26H28N4O3/c1-29(16-22(31)18-7-3-2-4-8-18)15-21-20-9-5-13-27-26(20)30(17-24(32)28-19-11-12-19)25(21)23-10-6-14-33-23/h2-10,13-14,19,22,31H,11-12,15-17H2,1H3,(H,28,32). The number of rotatable bonds is 9. The number of furan rings is 1. The van der Waals surface area contributed by atoms with Gasteiger partial charge in [-0.1, -0.05) is 30.3 Å². The van der Waals surface area contributed by atoms with Crippen molar-refractivity contribution >= 4 is 16.9 Å². The van der Waals surface area contributed by atoms with Crippen LogP contribution in [0.4, 0.5) is 0 Å². The third-order valence-electron chi connectivity index (χ3n) is 6.02. The molecule has 7 nitrogen and oxygen atoms in total. The molecule has 0 bridgehead atoms. The van der Waals surface area contributed by atoms with Gasteiger partial charge in [0.1, 0.15) is 12.2 Å². The number of amides is 1. The first kappa shape index (κ1) is 21.4. The van der Waals surface area contributed by atoms with E-state index in [1.807, 2.05) is 66.2 Å². The quantitative estimate of drug-likeness (QED) is 0.411. The van der Waals surface area contributed by atoms with Crippen LogP contribution in [0.25, 0.3) is 22.5 Å². The Morgan fingerprint density at radius 1 is 1.21 bits per heavy atom. The zero-order valence-corrected chi connectivity index (χ0v) is 18.6. The second kappa shape index (κ2) is 9.21. The van der Waals surface area contributed by atoms with Gasteiger partial charge in [0.05, 0.1) is 18.1 Å². The number of carbonyl (C=O) groups is 1. The van der Waals surface area contributed by atoms with Crippen LogP contribution in [-0.2, 0) is 17.9 Å². The number of aliphatic hydroxyl groups is 1. The minimum absolute atomic E-state index is 0.0211. The molecule has 1 unspecified atom stereocenters. The molecule has 1 aliphatic rings. The number of pyridine rings is 1. The maximum atomic E-state index is 12.7. The molecule has 1 aliphatic carbocycles. The molecular weight excluding hydrogens is 416 g/mol. The number of aliphatic hydroxyl groups excluding tert-OH is 1. The third kappa shape index (κ3) is 4.69. The summed E-state index contributed by atoms with van der Waals surface area (Å²) in [4.78, 5) is 19.4. The summed E-state index contributed by atoms with van der Waals surface area (Å²) in [6.45, 7) is 1.21. The molecule has 170 valence electrons. The van der Waals surface area contributed by atoms with Crippen molar-refractivity contribution in [3.8, 4) is 11.5 Å². The highest BCUT2D eigenvalue weighted by Gasteiger charge is 2.27. The maximum absolute atomic E-state index is 12.7. The van der Waals surface area contributed by atoms with Gasteiger partial charge >= 0.3 is 0 Å². The van der Waals surface area contributed by atoms with Crippen molar-refractivity contribution in [2.75, 3.05) is 13.6 Å². The number of nitrogens with zero attached hydrogens (tertiary/aromatic N) is 3. The fourth-order valence-corrected chi connectivity index (χ4v) is 4.31. The van der Waals surface area contributed by atoms with E-state index in [0.29, 0.717) is 24.9 Å². The van der Waals surface area contributed by atoms with Crippen molar-refractivity contribution in [1.82, 2.24) is 19.8 Å². The van der Waals surface area contributed by atoms with Crippen molar-refractivity contribution in [2.24, 2.45) is 0 Å². The van der Waals surface area contributed by atoms with Crippen LogP contribution >= 0.6 is 0 Å². The van der Waals surface area contributed by atoms with Gasteiger partial charge in [-0.05, 0) is 49.7 Å². The topological polar surface area (TPSA) is 83.5 Å². The van der Waals surface area contributed by atoms with E-state index in [4.69, 9.17) is 4.42 Å². The van der Waals surface area contributed by atoms with Gasteiger partial charge in [-0.2, -0.15) is 0 Å². The number of aromatic nitrogens is 2. The van der Waals surface area contributed by atoms with E-state index in [1.165, 1.54) is 0 Å². The lowest BCUT2D eigenvalue weighted by molar-refractivity contribution is -0.121. The Balaban J connectivity index is 1.49. The van der Waals surface area contributed by atoms with Crippen LogP contribution in [0.5, 0.6) is 0 Å². The molecule has 0 spiro atoms. The Morgan fingerprint density at radius 2 is 2.03 bits per heavy atom. The molecule has 3 aromatic heterocycles. The highest BCUT2D eigenvalue weighted by Crippen LogP contribution is 2.34. The van der Waals surface area contributed by atoms with Crippen LogP contribution in [-0.4, -0.2) is 45.1 Å². The first-order valence-corrected chi connectivity index (χ1v) is 11.3. The lowest BCUT2D eigenvalue weighted by Gasteiger charge is -2.21. The second-order valence-electron chi connectivity index (χ2n) is 8.73. The predicted octanol–water partition coefficient (Wildman–Crippen LogP) is 3.74. The molecule has 1 amide bonds. The first-order valence-electron chi connectivity index (χ1n) is 11.3. The molecule has 0 aliphatic heterocycles. The maximum Gasteiger partial charge on any atom is 0.240 e. The van der Waals surface area contributed by atoms with Crippen LogP contribution < -0.4 is 5.32 Å². The molecule has 2 N–H and O–H groups in total. The summed E-state index contributed by atoms with van der Waals surface area (Å²) in [5.74, 6) is 0.673. The summed E-state index contributed by atoms with van der Waals surface area (Å²) in [6.07, 6.45) is 4.87. The molecular formula is C26H28N4O3. The Morgan fingerprint density at radius 3 is 2.76 bits per heavy atom. The number of fused-ring (bicyclic) bond motifs is 1. The van der Waals surface area contributed by atoms with Crippen LogP contribution in [0.2, 0.25) is 0 Å². The van der Waals surface area contributed by atoms with Crippen molar-refractivity contribution < 1.29 is 14.3 Å². The average Bonchev–Trinajstić information content (AvgIpc) is 3.37. The third-order valence-corrected chi connectivity index (χ3v) is 6.02.